The molecule has 2 nitrogen and oxygen atoms in total. The molecule has 78 valence electrons. The highest BCUT2D eigenvalue weighted by atomic mass is 19.4. The average molecular weight is 206 g/mol. The number of pyridine rings is 1. The Bertz CT molecular complexity index is 322. The summed E-state index contributed by atoms with van der Waals surface area (Å²) in [5, 5.41) is 0. The zero-order valence-corrected chi connectivity index (χ0v) is 7.93. The number of rotatable bonds is 2. The van der Waals surface area contributed by atoms with Crippen molar-refractivity contribution in [3.63, 3.8) is 0 Å². The van der Waals surface area contributed by atoms with Gasteiger partial charge in [0.1, 0.15) is 7.11 Å². The lowest BCUT2D eigenvalue weighted by molar-refractivity contribution is -0.896. The van der Waals surface area contributed by atoms with Crippen LogP contribution in [0.15, 0.2) is 18.3 Å². The molecule has 0 aliphatic heterocycles. The molecule has 0 saturated heterocycles. The van der Waals surface area contributed by atoms with Gasteiger partial charge in [-0.2, -0.15) is 13.2 Å². The van der Waals surface area contributed by atoms with E-state index < -0.39 is 11.9 Å². The molecule has 5 heteroatoms. The minimum Gasteiger partial charge on any atom is -0.274 e. The van der Waals surface area contributed by atoms with Gasteiger partial charge < -0.3 is 0 Å². The molecule has 1 rings (SSSR count). The number of aromatic nitrogens is 1. The summed E-state index contributed by atoms with van der Waals surface area (Å²) in [4.78, 5) is 4.61. The monoisotopic (exact) mass is 206 g/mol. The number of hydrogen-bond acceptors (Lipinski definition) is 1. The first-order valence-corrected chi connectivity index (χ1v) is 4.15. The predicted molar refractivity (Wildman–Crippen MR) is 43.5 cm³/mol. The molecule has 0 fully saturated rings. The van der Waals surface area contributed by atoms with E-state index in [2.05, 4.69) is 4.84 Å². The van der Waals surface area contributed by atoms with E-state index in [1.165, 1.54) is 19.4 Å². The number of halogens is 3. The van der Waals surface area contributed by atoms with Crippen LogP contribution in [0, 0.1) is 0 Å². The highest BCUT2D eigenvalue weighted by molar-refractivity contribution is 5.10. The first-order chi connectivity index (χ1) is 6.49. The third-order valence-corrected chi connectivity index (χ3v) is 1.87. The van der Waals surface area contributed by atoms with Crippen LogP contribution in [-0.2, 0) is 12.6 Å². The molecular formula is C9H11F3NO+. The van der Waals surface area contributed by atoms with Crippen LogP contribution >= 0.6 is 0 Å². The lowest BCUT2D eigenvalue weighted by Crippen LogP contribution is -2.47. The van der Waals surface area contributed by atoms with Crippen molar-refractivity contribution in [2.75, 3.05) is 7.11 Å². The Kier molecular flexibility index (Phi) is 2.98. The number of aryl methyl sites for hydroxylation is 1. The van der Waals surface area contributed by atoms with Crippen molar-refractivity contribution in [1.29, 1.82) is 0 Å². The molecule has 1 aromatic heterocycles. The molecule has 0 aliphatic rings. The summed E-state index contributed by atoms with van der Waals surface area (Å²) in [7, 11) is 1.20. The maximum absolute atomic E-state index is 12.4. The SMILES string of the molecule is CCc1ccc(C(F)(F)F)[n+](OC)c1. The van der Waals surface area contributed by atoms with Gasteiger partial charge in [-0.1, -0.05) is 6.92 Å². The molecule has 1 aromatic rings. The van der Waals surface area contributed by atoms with Crippen LogP contribution in [0.4, 0.5) is 13.2 Å². The van der Waals surface area contributed by atoms with Crippen molar-refractivity contribution in [2.45, 2.75) is 19.5 Å². The maximum Gasteiger partial charge on any atom is 0.482 e. The number of nitrogens with zero attached hydrogens (tertiary/aromatic N) is 1. The van der Waals surface area contributed by atoms with Gasteiger partial charge in [0, 0.05) is 16.4 Å². The average Bonchev–Trinajstić information content (AvgIpc) is 2.15. The number of alkyl halides is 3. The van der Waals surface area contributed by atoms with Gasteiger partial charge in [0.15, 0.2) is 0 Å². The molecule has 0 radical (unpaired) electrons. The van der Waals surface area contributed by atoms with Crippen molar-refractivity contribution in [2.24, 2.45) is 0 Å². The van der Waals surface area contributed by atoms with E-state index in [1.54, 1.807) is 0 Å². The van der Waals surface area contributed by atoms with E-state index in [9.17, 15) is 13.2 Å². The van der Waals surface area contributed by atoms with Crippen LogP contribution in [0.2, 0.25) is 0 Å². The minimum atomic E-state index is -4.39. The van der Waals surface area contributed by atoms with Crippen molar-refractivity contribution in [1.82, 2.24) is 0 Å². The molecular weight excluding hydrogens is 195 g/mol. The Morgan fingerprint density at radius 2 is 2.00 bits per heavy atom. The largest absolute Gasteiger partial charge is 0.482 e. The molecule has 0 spiro atoms. The maximum atomic E-state index is 12.4. The Balaban J connectivity index is 3.18. The first-order valence-electron chi connectivity index (χ1n) is 4.15. The highest BCUT2D eigenvalue weighted by Gasteiger charge is 2.42. The molecule has 0 bridgehead atoms. The summed E-state index contributed by atoms with van der Waals surface area (Å²) >= 11 is 0. The van der Waals surface area contributed by atoms with E-state index in [1.807, 2.05) is 6.92 Å². The van der Waals surface area contributed by atoms with Crippen LogP contribution in [0.25, 0.3) is 0 Å². The van der Waals surface area contributed by atoms with Gasteiger partial charge in [-0.15, -0.1) is 0 Å². The van der Waals surface area contributed by atoms with Crippen molar-refractivity contribution in [3.05, 3.63) is 29.6 Å². The van der Waals surface area contributed by atoms with Crippen LogP contribution in [0.1, 0.15) is 18.2 Å². The third kappa shape index (κ3) is 2.16. The summed E-state index contributed by atoms with van der Waals surface area (Å²) in [5.41, 5.74) is -0.0166. The van der Waals surface area contributed by atoms with E-state index in [0.29, 0.717) is 6.42 Å². The van der Waals surface area contributed by atoms with E-state index in [-0.39, 0.29) is 0 Å². The lowest BCUT2D eigenvalue weighted by atomic mass is 10.2. The van der Waals surface area contributed by atoms with Gasteiger partial charge >= 0.3 is 11.9 Å². The van der Waals surface area contributed by atoms with Crippen LogP contribution in [-0.4, -0.2) is 7.11 Å². The Hall–Kier alpha value is -1.26. The Morgan fingerprint density at radius 1 is 1.36 bits per heavy atom. The summed E-state index contributed by atoms with van der Waals surface area (Å²) in [5.74, 6) is 0. The van der Waals surface area contributed by atoms with Gasteiger partial charge in [-0.05, 0) is 12.5 Å². The fraction of sp³-hybridized carbons (Fsp3) is 0.444. The van der Waals surface area contributed by atoms with Gasteiger partial charge in [-0.3, -0.25) is 4.84 Å². The second kappa shape index (κ2) is 3.86. The summed E-state index contributed by atoms with van der Waals surface area (Å²) < 4.78 is 37.8. The lowest BCUT2D eigenvalue weighted by Gasteiger charge is -2.04. The van der Waals surface area contributed by atoms with Crippen LogP contribution in [0.5, 0.6) is 0 Å². The molecule has 0 atom stereocenters. The van der Waals surface area contributed by atoms with Crippen molar-refractivity contribution < 1.29 is 22.7 Å². The third-order valence-electron chi connectivity index (χ3n) is 1.87. The van der Waals surface area contributed by atoms with E-state index in [4.69, 9.17) is 0 Å². The molecule has 14 heavy (non-hydrogen) atoms. The molecule has 0 aliphatic carbocycles. The predicted octanol–water partition coefficient (Wildman–Crippen LogP) is 1.61. The molecule has 0 N–H and O–H groups in total. The zero-order valence-electron chi connectivity index (χ0n) is 7.93. The van der Waals surface area contributed by atoms with Gasteiger partial charge in [0.2, 0.25) is 6.20 Å². The summed E-state index contributed by atoms with van der Waals surface area (Å²) in [6.45, 7) is 1.86. The zero-order chi connectivity index (χ0) is 10.8. The second-order valence-electron chi connectivity index (χ2n) is 2.78. The first kappa shape index (κ1) is 10.8. The van der Waals surface area contributed by atoms with Gasteiger partial charge in [0.05, 0.1) is 0 Å². The second-order valence-corrected chi connectivity index (χ2v) is 2.78. The van der Waals surface area contributed by atoms with Gasteiger partial charge in [-0.25, -0.2) is 0 Å². The van der Waals surface area contributed by atoms with Crippen molar-refractivity contribution in [3.8, 4) is 0 Å². The molecule has 0 aromatic carbocycles. The van der Waals surface area contributed by atoms with E-state index in [0.717, 1.165) is 16.4 Å². The standard InChI is InChI=1S/C9H11F3NO/c1-3-7-4-5-8(9(10,11)12)13(6-7)14-2/h4-6H,3H2,1-2H3/q+1. The fourth-order valence-corrected chi connectivity index (χ4v) is 1.10. The Morgan fingerprint density at radius 3 is 2.43 bits per heavy atom. The van der Waals surface area contributed by atoms with Crippen molar-refractivity contribution >= 4 is 0 Å². The summed E-state index contributed by atoms with van der Waals surface area (Å²) in [6.07, 6.45) is -2.38. The fourth-order valence-electron chi connectivity index (χ4n) is 1.10. The van der Waals surface area contributed by atoms with Crippen LogP contribution < -0.4 is 9.57 Å². The molecule has 0 saturated carbocycles. The van der Waals surface area contributed by atoms with Gasteiger partial charge in [0.25, 0.3) is 0 Å². The van der Waals surface area contributed by atoms with Crippen LogP contribution in [0.3, 0.4) is 0 Å². The summed E-state index contributed by atoms with van der Waals surface area (Å²) in [6, 6.07) is 2.46. The van der Waals surface area contributed by atoms with E-state index >= 15 is 0 Å². The normalized spacial score (nSPS) is 11.5. The highest BCUT2D eigenvalue weighted by Crippen LogP contribution is 2.26. The molecule has 0 amide bonds. The molecule has 1 heterocycles. The number of hydrogen-bond donors (Lipinski definition) is 0. The minimum absolute atomic E-state index is 0.668. The quantitative estimate of drug-likeness (QED) is 0.670. The Labute approximate surface area is 79.9 Å². The molecule has 0 unspecified atom stereocenters. The topological polar surface area (TPSA) is 13.1 Å². The smallest absolute Gasteiger partial charge is 0.274 e.